The molecule has 0 fully saturated rings. The molecule has 0 N–H and O–H groups in total. The lowest BCUT2D eigenvalue weighted by Crippen LogP contribution is -2.13. The summed E-state index contributed by atoms with van der Waals surface area (Å²) >= 11 is 0. The summed E-state index contributed by atoms with van der Waals surface area (Å²) in [5.41, 5.74) is 5.40. The third-order valence-corrected chi connectivity index (χ3v) is 5.49. The van der Waals surface area contributed by atoms with Crippen LogP contribution in [-0.4, -0.2) is 21.2 Å². The van der Waals surface area contributed by atoms with Gasteiger partial charge in [-0.3, -0.25) is 4.98 Å². The molecule has 0 radical (unpaired) electrons. The highest BCUT2D eigenvalue weighted by molar-refractivity contribution is 6.05. The highest BCUT2D eigenvalue weighted by Gasteiger charge is 2.27. The number of hydrogen-bond donors (Lipinski definition) is 0. The standard InChI is InChI=1S/C24H21N3O3/c1-14-10-12-16(13-11-14)23-27-26-22(30-23)15(2)29-24(28)21-17-6-3-4-8-19(17)25-20-9-5-7-18(20)21/h3-4,6,8,10-13,15H,5,7,9H2,1-2H3/t15-/m1/s1. The lowest BCUT2D eigenvalue weighted by molar-refractivity contribution is 0.0281. The molecule has 2 heterocycles. The molecule has 30 heavy (non-hydrogen) atoms. The first-order valence-corrected chi connectivity index (χ1v) is 10.1. The van der Waals surface area contributed by atoms with Gasteiger partial charge in [-0.25, -0.2) is 4.79 Å². The molecule has 6 heteroatoms. The topological polar surface area (TPSA) is 78.1 Å². The van der Waals surface area contributed by atoms with Gasteiger partial charge in [-0.2, -0.15) is 0 Å². The van der Waals surface area contributed by atoms with E-state index in [9.17, 15) is 4.79 Å². The van der Waals surface area contributed by atoms with Crippen LogP contribution in [0.5, 0.6) is 0 Å². The maximum atomic E-state index is 13.2. The fraction of sp³-hybridized carbons (Fsp3) is 0.250. The molecule has 0 unspecified atom stereocenters. The summed E-state index contributed by atoms with van der Waals surface area (Å²) < 4.78 is 11.5. The van der Waals surface area contributed by atoms with Crippen molar-refractivity contribution in [1.29, 1.82) is 0 Å². The van der Waals surface area contributed by atoms with Crippen LogP contribution in [0.1, 0.15) is 52.5 Å². The van der Waals surface area contributed by atoms with Crippen LogP contribution >= 0.6 is 0 Å². The number of ether oxygens (including phenoxy) is 1. The Balaban J connectivity index is 1.43. The smallest absolute Gasteiger partial charge is 0.339 e. The predicted molar refractivity (Wildman–Crippen MR) is 112 cm³/mol. The van der Waals surface area contributed by atoms with E-state index in [1.165, 1.54) is 0 Å². The van der Waals surface area contributed by atoms with Crippen molar-refractivity contribution < 1.29 is 13.9 Å². The highest BCUT2D eigenvalue weighted by Crippen LogP contribution is 2.32. The van der Waals surface area contributed by atoms with E-state index in [0.717, 1.165) is 52.5 Å². The highest BCUT2D eigenvalue weighted by atomic mass is 16.6. The number of benzene rings is 2. The molecule has 0 spiro atoms. The molecular formula is C24H21N3O3. The Morgan fingerprint density at radius 1 is 1.07 bits per heavy atom. The molecule has 2 aromatic heterocycles. The van der Waals surface area contributed by atoms with E-state index < -0.39 is 6.10 Å². The van der Waals surface area contributed by atoms with Crippen molar-refractivity contribution in [2.45, 2.75) is 39.2 Å². The molecule has 150 valence electrons. The molecule has 1 aliphatic carbocycles. The Kier molecular flexibility index (Phi) is 4.54. The van der Waals surface area contributed by atoms with Gasteiger partial charge in [-0.15, -0.1) is 10.2 Å². The van der Waals surface area contributed by atoms with E-state index in [4.69, 9.17) is 14.1 Å². The summed E-state index contributed by atoms with van der Waals surface area (Å²) in [5.74, 6) is 0.298. The number of aryl methyl sites for hydroxylation is 2. The Bertz CT molecular complexity index is 1240. The second kappa shape index (κ2) is 7.37. The number of para-hydroxylation sites is 1. The van der Waals surface area contributed by atoms with E-state index in [1.807, 2.05) is 55.5 Å². The molecule has 0 saturated carbocycles. The minimum Gasteiger partial charge on any atom is -0.449 e. The summed E-state index contributed by atoms with van der Waals surface area (Å²) in [7, 11) is 0. The van der Waals surface area contributed by atoms with Crippen LogP contribution in [0.3, 0.4) is 0 Å². The van der Waals surface area contributed by atoms with E-state index in [2.05, 4.69) is 10.2 Å². The first-order chi connectivity index (χ1) is 14.6. The van der Waals surface area contributed by atoms with Crippen LogP contribution in [0.4, 0.5) is 0 Å². The second-order valence-electron chi connectivity index (χ2n) is 7.64. The van der Waals surface area contributed by atoms with Crippen molar-refractivity contribution in [3.05, 3.63) is 76.8 Å². The third kappa shape index (κ3) is 3.24. The maximum Gasteiger partial charge on any atom is 0.339 e. The van der Waals surface area contributed by atoms with Gasteiger partial charge >= 0.3 is 5.97 Å². The van der Waals surface area contributed by atoms with Gasteiger partial charge in [-0.05, 0) is 56.9 Å². The van der Waals surface area contributed by atoms with Gasteiger partial charge in [0.15, 0.2) is 6.10 Å². The van der Waals surface area contributed by atoms with Gasteiger partial charge < -0.3 is 9.15 Å². The van der Waals surface area contributed by atoms with Gasteiger partial charge in [0.05, 0.1) is 11.1 Å². The number of esters is 1. The monoisotopic (exact) mass is 399 g/mol. The van der Waals surface area contributed by atoms with Crippen molar-refractivity contribution in [3.8, 4) is 11.5 Å². The summed E-state index contributed by atoms with van der Waals surface area (Å²) in [5, 5.41) is 9.02. The van der Waals surface area contributed by atoms with Crippen molar-refractivity contribution >= 4 is 16.9 Å². The summed E-state index contributed by atoms with van der Waals surface area (Å²) in [4.78, 5) is 17.9. The molecule has 6 nitrogen and oxygen atoms in total. The molecule has 1 atom stereocenters. The number of fused-ring (bicyclic) bond motifs is 2. The van der Waals surface area contributed by atoms with E-state index in [1.54, 1.807) is 6.92 Å². The predicted octanol–water partition coefficient (Wildman–Crippen LogP) is 5.00. The number of pyridine rings is 1. The SMILES string of the molecule is Cc1ccc(-c2nnc([C@@H](C)OC(=O)c3c4c(nc5ccccc35)CCC4)o2)cc1. The van der Waals surface area contributed by atoms with Gasteiger partial charge in [0.25, 0.3) is 5.89 Å². The molecule has 2 aromatic carbocycles. The van der Waals surface area contributed by atoms with Gasteiger partial charge in [0, 0.05) is 16.6 Å². The van der Waals surface area contributed by atoms with Crippen molar-refractivity contribution in [1.82, 2.24) is 15.2 Å². The molecule has 0 bridgehead atoms. The number of hydrogen-bond acceptors (Lipinski definition) is 6. The van der Waals surface area contributed by atoms with Crippen molar-refractivity contribution in [2.24, 2.45) is 0 Å². The zero-order valence-electron chi connectivity index (χ0n) is 16.9. The summed E-state index contributed by atoms with van der Waals surface area (Å²) in [6.45, 7) is 3.76. The fourth-order valence-corrected chi connectivity index (χ4v) is 3.93. The van der Waals surface area contributed by atoms with Crippen molar-refractivity contribution in [3.63, 3.8) is 0 Å². The van der Waals surface area contributed by atoms with Crippen LogP contribution < -0.4 is 0 Å². The average molecular weight is 399 g/mol. The molecule has 5 rings (SSSR count). The van der Waals surface area contributed by atoms with Crippen LogP contribution in [0.2, 0.25) is 0 Å². The minimum absolute atomic E-state index is 0.272. The number of carbonyl (C=O) groups excluding carboxylic acids is 1. The zero-order chi connectivity index (χ0) is 20.7. The first-order valence-electron chi connectivity index (χ1n) is 10.1. The lowest BCUT2D eigenvalue weighted by atomic mass is 10.0. The third-order valence-electron chi connectivity index (χ3n) is 5.49. The zero-order valence-corrected chi connectivity index (χ0v) is 16.9. The molecule has 0 aliphatic heterocycles. The van der Waals surface area contributed by atoms with Gasteiger partial charge in [-0.1, -0.05) is 35.9 Å². The fourth-order valence-electron chi connectivity index (χ4n) is 3.93. The Hall–Kier alpha value is -3.54. The molecule has 1 aliphatic rings. The Morgan fingerprint density at radius 3 is 2.70 bits per heavy atom. The summed E-state index contributed by atoms with van der Waals surface area (Å²) in [6.07, 6.45) is 2.06. The lowest BCUT2D eigenvalue weighted by Gasteiger charge is -2.14. The molecular weight excluding hydrogens is 378 g/mol. The quantitative estimate of drug-likeness (QED) is 0.449. The normalized spacial score (nSPS) is 13.9. The van der Waals surface area contributed by atoms with Gasteiger partial charge in [0.1, 0.15) is 0 Å². The molecule has 0 amide bonds. The number of aromatic nitrogens is 3. The van der Waals surface area contributed by atoms with Gasteiger partial charge in [0.2, 0.25) is 5.89 Å². The number of rotatable bonds is 4. The molecule has 0 saturated heterocycles. The van der Waals surface area contributed by atoms with E-state index in [-0.39, 0.29) is 11.9 Å². The average Bonchev–Trinajstić information content (AvgIpc) is 3.42. The van der Waals surface area contributed by atoms with Crippen LogP contribution in [0.25, 0.3) is 22.4 Å². The second-order valence-corrected chi connectivity index (χ2v) is 7.64. The number of nitrogens with zero attached hydrogens (tertiary/aromatic N) is 3. The largest absolute Gasteiger partial charge is 0.449 e. The Labute approximate surface area is 173 Å². The van der Waals surface area contributed by atoms with Crippen LogP contribution in [0.15, 0.2) is 52.9 Å². The maximum absolute atomic E-state index is 13.2. The summed E-state index contributed by atoms with van der Waals surface area (Å²) in [6, 6.07) is 15.5. The van der Waals surface area contributed by atoms with Crippen LogP contribution in [-0.2, 0) is 17.6 Å². The minimum atomic E-state index is -0.659. The van der Waals surface area contributed by atoms with E-state index >= 15 is 0 Å². The van der Waals surface area contributed by atoms with E-state index in [0.29, 0.717) is 11.5 Å². The first kappa shape index (κ1) is 18.5. The molecule has 4 aromatic rings. The van der Waals surface area contributed by atoms with Crippen LogP contribution in [0, 0.1) is 6.92 Å². The number of carbonyl (C=O) groups is 1. The Morgan fingerprint density at radius 2 is 1.87 bits per heavy atom. The van der Waals surface area contributed by atoms with Crippen molar-refractivity contribution in [2.75, 3.05) is 0 Å².